The van der Waals surface area contributed by atoms with E-state index >= 15 is 0 Å². The molecule has 0 unspecified atom stereocenters. The highest BCUT2D eigenvalue weighted by atomic mass is 17.1. The third-order valence-electron chi connectivity index (χ3n) is 3.95. The van der Waals surface area contributed by atoms with Crippen molar-refractivity contribution < 1.29 is 25.2 Å². The molecule has 0 fully saturated rings. The fourth-order valence-electron chi connectivity index (χ4n) is 2.68. The molecular weight excluding hydrogens is 320 g/mol. The zero-order valence-corrected chi connectivity index (χ0v) is 13.2. The summed E-state index contributed by atoms with van der Waals surface area (Å²) >= 11 is 0. The van der Waals surface area contributed by atoms with E-state index in [9.17, 15) is 20.3 Å². The van der Waals surface area contributed by atoms with Crippen molar-refractivity contribution in [3.05, 3.63) is 89.0 Å². The van der Waals surface area contributed by atoms with Crippen LogP contribution in [0, 0.1) is 0 Å². The quantitative estimate of drug-likeness (QED) is 0.375. The number of benzene rings is 3. The van der Waals surface area contributed by atoms with Gasteiger partial charge in [0.15, 0.2) is 11.5 Å². The van der Waals surface area contributed by atoms with E-state index in [1.165, 1.54) is 18.2 Å². The highest BCUT2D eigenvalue weighted by Crippen LogP contribution is 2.31. The summed E-state index contributed by atoms with van der Waals surface area (Å²) < 4.78 is 0. The fourth-order valence-corrected chi connectivity index (χ4v) is 2.68. The van der Waals surface area contributed by atoms with Crippen LogP contribution in [-0.2, 0) is 6.42 Å². The Bertz CT molecular complexity index is 903. The first-order chi connectivity index (χ1) is 12.1. The Morgan fingerprint density at radius 1 is 0.920 bits per heavy atom. The number of phenolic OH excluding ortho intramolecular Hbond substituents is 2. The Hall–Kier alpha value is -3.31. The van der Waals surface area contributed by atoms with Crippen LogP contribution in [0.15, 0.2) is 66.7 Å². The summed E-state index contributed by atoms with van der Waals surface area (Å²) in [7, 11) is 0. The molecule has 5 nitrogen and oxygen atoms in total. The van der Waals surface area contributed by atoms with Gasteiger partial charge in [0, 0.05) is 29.2 Å². The van der Waals surface area contributed by atoms with Crippen molar-refractivity contribution in [3.8, 4) is 17.2 Å². The summed E-state index contributed by atoms with van der Waals surface area (Å²) in [5, 5.41) is 28.6. The Labute approximate surface area is 144 Å². The van der Waals surface area contributed by atoms with Gasteiger partial charge in [-0.25, -0.2) is 5.26 Å². The van der Waals surface area contributed by atoms with Gasteiger partial charge in [0.25, 0.3) is 0 Å². The lowest BCUT2D eigenvalue weighted by Gasteiger charge is -2.13. The van der Waals surface area contributed by atoms with E-state index < -0.39 is 0 Å². The number of hydrogen-bond acceptors (Lipinski definition) is 5. The smallest absolute Gasteiger partial charge is 0.193 e. The van der Waals surface area contributed by atoms with E-state index in [2.05, 4.69) is 4.89 Å². The molecule has 0 saturated heterocycles. The molecule has 0 aliphatic carbocycles. The van der Waals surface area contributed by atoms with E-state index in [-0.39, 0.29) is 29.5 Å². The minimum absolute atomic E-state index is 0.0615. The zero-order chi connectivity index (χ0) is 17.8. The number of carbonyl (C=O) groups is 1. The molecule has 3 rings (SSSR count). The molecule has 3 aromatic rings. The second kappa shape index (κ2) is 7.07. The molecule has 3 aromatic carbocycles. The van der Waals surface area contributed by atoms with Gasteiger partial charge in [0.05, 0.1) is 0 Å². The van der Waals surface area contributed by atoms with Gasteiger partial charge < -0.3 is 15.1 Å². The Balaban J connectivity index is 2.07. The monoisotopic (exact) mass is 336 g/mol. The van der Waals surface area contributed by atoms with Gasteiger partial charge in [-0.05, 0) is 17.7 Å². The number of rotatable bonds is 5. The summed E-state index contributed by atoms with van der Waals surface area (Å²) in [6.45, 7) is 0. The number of aromatic hydroxyl groups is 2. The third kappa shape index (κ3) is 3.46. The maximum absolute atomic E-state index is 12.8. The average molecular weight is 336 g/mol. The van der Waals surface area contributed by atoms with Crippen molar-refractivity contribution in [2.45, 2.75) is 6.42 Å². The van der Waals surface area contributed by atoms with Crippen LogP contribution in [0.3, 0.4) is 0 Å². The van der Waals surface area contributed by atoms with Crippen LogP contribution in [0.2, 0.25) is 0 Å². The minimum atomic E-state index is -0.215. The van der Waals surface area contributed by atoms with Crippen molar-refractivity contribution in [2.75, 3.05) is 0 Å². The van der Waals surface area contributed by atoms with Crippen LogP contribution >= 0.6 is 0 Å². The van der Waals surface area contributed by atoms with Gasteiger partial charge in [-0.2, -0.15) is 0 Å². The second-order valence-electron chi connectivity index (χ2n) is 5.56. The lowest BCUT2D eigenvalue weighted by Crippen LogP contribution is -2.08. The molecule has 0 amide bonds. The maximum atomic E-state index is 12.8. The molecule has 0 spiro atoms. The van der Waals surface area contributed by atoms with E-state index in [1.807, 2.05) is 6.07 Å². The molecule has 0 aliphatic heterocycles. The summed E-state index contributed by atoms with van der Waals surface area (Å²) in [5.74, 6) is -0.249. The minimum Gasteiger partial charge on any atom is -0.508 e. The number of ketones is 1. The molecule has 5 heteroatoms. The largest absolute Gasteiger partial charge is 0.508 e. The standard InChI is InChI=1S/C20H16O5/c21-15-10-9-14(18(22)12-15)11-17-16(7-4-8-19(17)25-24)20(23)13-5-2-1-3-6-13/h1-10,12,21-22,24H,11H2. The fraction of sp³-hybridized carbons (Fsp3) is 0.0500. The van der Waals surface area contributed by atoms with Crippen LogP contribution in [-0.4, -0.2) is 21.3 Å². The van der Waals surface area contributed by atoms with Crippen molar-refractivity contribution >= 4 is 5.78 Å². The SMILES string of the molecule is O=C(c1ccccc1)c1cccc(OO)c1Cc1ccc(O)cc1O. The van der Waals surface area contributed by atoms with Gasteiger partial charge in [-0.15, -0.1) is 0 Å². The molecule has 0 bridgehead atoms. The molecule has 3 N–H and O–H groups in total. The normalized spacial score (nSPS) is 10.4. The lowest BCUT2D eigenvalue weighted by atomic mass is 9.93. The van der Waals surface area contributed by atoms with Crippen molar-refractivity contribution in [1.82, 2.24) is 0 Å². The topological polar surface area (TPSA) is 87.0 Å². The first-order valence-electron chi connectivity index (χ1n) is 7.64. The molecule has 0 radical (unpaired) electrons. The molecule has 25 heavy (non-hydrogen) atoms. The van der Waals surface area contributed by atoms with Crippen molar-refractivity contribution in [3.63, 3.8) is 0 Å². The third-order valence-corrected chi connectivity index (χ3v) is 3.95. The van der Waals surface area contributed by atoms with Gasteiger partial charge in [-0.1, -0.05) is 48.5 Å². The van der Waals surface area contributed by atoms with Crippen LogP contribution < -0.4 is 4.89 Å². The van der Waals surface area contributed by atoms with Gasteiger partial charge in [0.1, 0.15) is 11.5 Å². The van der Waals surface area contributed by atoms with Crippen LogP contribution in [0.4, 0.5) is 0 Å². The first-order valence-corrected chi connectivity index (χ1v) is 7.64. The number of phenols is 2. The zero-order valence-electron chi connectivity index (χ0n) is 13.2. The Morgan fingerprint density at radius 3 is 2.36 bits per heavy atom. The van der Waals surface area contributed by atoms with E-state index in [0.717, 1.165) is 0 Å². The number of carbonyl (C=O) groups excluding carboxylic acids is 1. The molecule has 0 aliphatic rings. The molecule has 0 aromatic heterocycles. The molecule has 0 saturated carbocycles. The molecule has 126 valence electrons. The van der Waals surface area contributed by atoms with E-state index in [0.29, 0.717) is 22.3 Å². The van der Waals surface area contributed by atoms with Crippen molar-refractivity contribution in [1.29, 1.82) is 0 Å². The van der Waals surface area contributed by atoms with Gasteiger partial charge in [0.2, 0.25) is 0 Å². The predicted molar refractivity (Wildman–Crippen MR) is 92.2 cm³/mol. The van der Waals surface area contributed by atoms with Crippen LogP contribution in [0.1, 0.15) is 27.0 Å². The number of hydrogen-bond donors (Lipinski definition) is 3. The van der Waals surface area contributed by atoms with Gasteiger partial charge >= 0.3 is 0 Å². The highest BCUT2D eigenvalue weighted by Gasteiger charge is 2.19. The summed E-state index contributed by atoms with van der Waals surface area (Å²) in [5.41, 5.74) is 1.81. The molecule has 0 heterocycles. The second-order valence-corrected chi connectivity index (χ2v) is 5.56. The van der Waals surface area contributed by atoms with Crippen molar-refractivity contribution in [2.24, 2.45) is 0 Å². The summed E-state index contributed by atoms with van der Waals surface area (Å²) in [6.07, 6.45) is 0.150. The average Bonchev–Trinajstić information content (AvgIpc) is 2.64. The van der Waals surface area contributed by atoms with Crippen LogP contribution in [0.5, 0.6) is 17.2 Å². The first kappa shape index (κ1) is 16.5. The summed E-state index contributed by atoms with van der Waals surface area (Å²) in [4.78, 5) is 17.2. The Morgan fingerprint density at radius 2 is 1.68 bits per heavy atom. The lowest BCUT2D eigenvalue weighted by molar-refractivity contribution is -0.138. The van der Waals surface area contributed by atoms with E-state index in [1.54, 1.807) is 42.5 Å². The molecule has 0 atom stereocenters. The van der Waals surface area contributed by atoms with Gasteiger partial charge in [-0.3, -0.25) is 4.79 Å². The predicted octanol–water partition coefficient (Wildman–Crippen LogP) is 3.77. The van der Waals surface area contributed by atoms with E-state index in [4.69, 9.17) is 0 Å². The molecular formula is C20H16O5. The highest BCUT2D eigenvalue weighted by molar-refractivity contribution is 6.10. The maximum Gasteiger partial charge on any atom is 0.193 e. The Kier molecular flexibility index (Phi) is 4.68. The van der Waals surface area contributed by atoms with Crippen LogP contribution in [0.25, 0.3) is 0 Å². The summed E-state index contributed by atoms with van der Waals surface area (Å²) in [6, 6.07) is 17.8.